The van der Waals surface area contributed by atoms with Crippen molar-refractivity contribution in [1.82, 2.24) is 0 Å². The van der Waals surface area contributed by atoms with Crippen LogP contribution in [-0.4, -0.2) is 37.0 Å². The topological polar surface area (TPSA) is 122 Å². The Hall–Kier alpha value is -2.56. The van der Waals surface area contributed by atoms with Crippen molar-refractivity contribution >= 4 is 42.0 Å². The third-order valence-electron chi connectivity index (χ3n) is 5.56. The van der Waals surface area contributed by atoms with Gasteiger partial charge in [0.15, 0.2) is 32.6 Å². The number of pyridine rings is 2. The van der Waals surface area contributed by atoms with E-state index in [-0.39, 0.29) is 0 Å². The van der Waals surface area contributed by atoms with Gasteiger partial charge in [0.25, 0.3) is 11.0 Å². The highest BCUT2D eigenvalue weighted by Gasteiger charge is 2.37. The van der Waals surface area contributed by atoms with E-state index in [1.54, 1.807) is 0 Å². The molecule has 1 aromatic carbocycles. The molecular weight excluding hydrogens is 542 g/mol. The van der Waals surface area contributed by atoms with Gasteiger partial charge in [-0.15, -0.1) is 0 Å². The molecule has 0 saturated heterocycles. The Bertz CT molecular complexity index is 1430. The zero-order valence-corrected chi connectivity index (χ0v) is 20.8. The Morgan fingerprint density at radius 2 is 0.917 bits per heavy atom. The van der Waals surface area contributed by atoms with E-state index in [2.05, 4.69) is 61.4 Å². The highest BCUT2D eigenvalue weighted by atomic mass is 32.2. The number of hydrogen-bond acceptors (Lipinski definition) is 6. The quantitative estimate of drug-likeness (QED) is 0.137. The number of nitrogens with zero attached hydrogens (tertiary/aromatic N) is 2. The fourth-order valence-corrected chi connectivity index (χ4v) is 3.55. The van der Waals surface area contributed by atoms with Gasteiger partial charge < -0.3 is 9.11 Å². The summed E-state index contributed by atoms with van der Waals surface area (Å²) in [6, 6.07) is 4.61. The molecule has 2 aromatic heterocycles. The monoisotopic (exact) mass is 562 g/mol. The van der Waals surface area contributed by atoms with Crippen molar-refractivity contribution in [3.63, 3.8) is 0 Å². The Labute approximate surface area is 202 Å². The lowest BCUT2D eigenvalue weighted by atomic mass is 9.98. The van der Waals surface area contributed by atoms with Gasteiger partial charge in [0.1, 0.15) is 0 Å². The van der Waals surface area contributed by atoms with Crippen molar-refractivity contribution in [1.29, 1.82) is 0 Å². The SMILES string of the molecule is Cc1c[n+]2c3c(ccc4c(C)c(C)c[n+](c43)CC2)c1C.O=S(=O)([O-])C(F)(F)F.O=S(=O)([O-])C(F)(F)F. The second kappa shape index (κ2) is 9.72. The summed E-state index contributed by atoms with van der Waals surface area (Å²) in [4.78, 5) is 0. The van der Waals surface area contributed by atoms with Crippen LogP contribution in [0.25, 0.3) is 21.8 Å². The molecule has 0 saturated carbocycles. The van der Waals surface area contributed by atoms with E-state index >= 15 is 0 Å². The van der Waals surface area contributed by atoms with E-state index < -0.39 is 31.3 Å². The fraction of sp³-hybridized carbons (Fsp3) is 0.400. The van der Waals surface area contributed by atoms with Gasteiger partial charge in [0.05, 0.1) is 10.8 Å². The molecule has 200 valence electrons. The summed E-state index contributed by atoms with van der Waals surface area (Å²) in [7, 11) is -12.2. The molecule has 36 heavy (non-hydrogen) atoms. The third-order valence-corrected chi connectivity index (χ3v) is 6.70. The van der Waals surface area contributed by atoms with Gasteiger partial charge >= 0.3 is 11.0 Å². The van der Waals surface area contributed by atoms with E-state index in [1.165, 1.54) is 44.1 Å². The summed E-state index contributed by atoms with van der Waals surface area (Å²) < 4.78 is 123. The van der Waals surface area contributed by atoms with Gasteiger partial charge in [-0.2, -0.15) is 35.5 Å². The van der Waals surface area contributed by atoms with E-state index in [1.807, 2.05) is 0 Å². The van der Waals surface area contributed by atoms with Crippen LogP contribution in [0, 0.1) is 27.7 Å². The Kier molecular flexibility index (Phi) is 8.01. The van der Waals surface area contributed by atoms with Crippen molar-refractivity contribution in [3.05, 3.63) is 46.8 Å². The van der Waals surface area contributed by atoms with Crippen LogP contribution in [0.4, 0.5) is 26.3 Å². The van der Waals surface area contributed by atoms with Crippen LogP contribution >= 0.6 is 0 Å². The molecule has 4 rings (SSSR count). The molecular formula is C20H20F6N2O6S2. The maximum atomic E-state index is 10.7. The molecule has 1 aliphatic heterocycles. The first-order valence-corrected chi connectivity index (χ1v) is 12.7. The first-order chi connectivity index (χ1) is 16.1. The van der Waals surface area contributed by atoms with Gasteiger partial charge in [0, 0.05) is 11.1 Å². The van der Waals surface area contributed by atoms with Crippen LogP contribution in [0.2, 0.25) is 0 Å². The summed E-state index contributed by atoms with van der Waals surface area (Å²) in [5.41, 5.74) is -2.90. The lowest BCUT2D eigenvalue weighted by molar-refractivity contribution is -0.772. The molecule has 0 atom stereocenters. The maximum absolute atomic E-state index is 10.7. The zero-order valence-electron chi connectivity index (χ0n) is 19.2. The van der Waals surface area contributed by atoms with E-state index in [4.69, 9.17) is 25.9 Å². The van der Waals surface area contributed by atoms with Crippen LogP contribution < -0.4 is 9.13 Å². The molecule has 0 N–H and O–H groups in total. The molecule has 0 fully saturated rings. The van der Waals surface area contributed by atoms with Crippen molar-refractivity contribution in [3.8, 4) is 0 Å². The molecule has 0 spiro atoms. The lowest BCUT2D eigenvalue weighted by Crippen LogP contribution is -2.51. The van der Waals surface area contributed by atoms with Crippen molar-refractivity contribution in [2.45, 2.75) is 51.8 Å². The van der Waals surface area contributed by atoms with Crippen LogP contribution in [0.1, 0.15) is 22.3 Å². The Morgan fingerprint density at radius 3 is 1.14 bits per heavy atom. The van der Waals surface area contributed by atoms with E-state index in [0.717, 1.165) is 13.1 Å². The normalized spacial score (nSPS) is 13.8. The molecule has 3 heterocycles. The minimum Gasteiger partial charge on any atom is -0.741 e. The first kappa shape index (κ1) is 29.7. The first-order valence-electron chi connectivity index (χ1n) is 9.88. The van der Waals surface area contributed by atoms with Gasteiger partial charge in [-0.3, -0.25) is 0 Å². The van der Waals surface area contributed by atoms with Gasteiger partial charge in [-0.25, -0.2) is 16.8 Å². The number of benzene rings is 1. The fourth-order valence-electron chi connectivity index (χ4n) is 3.55. The minimum atomic E-state index is -6.09. The van der Waals surface area contributed by atoms with Crippen LogP contribution in [0.15, 0.2) is 24.5 Å². The van der Waals surface area contributed by atoms with Crippen LogP contribution in [0.5, 0.6) is 0 Å². The average molecular weight is 563 g/mol. The largest absolute Gasteiger partial charge is 0.741 e. The molecule has 8 nitrogen and oxygen atoms in total. The number of alkyl halides is 6. The predicted molar refractivity (Wildman–Crippen MR) is 112 cm³/mol. The number of hydrogen-bond donors (Lipinski definition) is 0. The second-order valence-electron chi connectivity index (χ2n) is 7.92. The molecule has 0 unspecified atom stereocenters. The Morgan fingerprint density at radius 1 is 0.667 bits per heavy atom. The molecule has 16 heteroatoms. The van der Waals surface area contributed by atoms with Gasteiger partial charge in [-0.05, 0) is 51.0 Å². The summed E-state index contributed by atoms with van der Waals surface area (Å²) >= 11 is 0. The maximum Gasteiger partial charge on any atom is 0.485 e. The van der Waals surface area contributed by atoms with E-state index in [9.17, 15) is 26.3 Å². The predicted octanol–water partition coefficient (Wildman–Crippen LogP) is 2.92. The number of aryl methyl sites for hydroxylation is 6. The van der Waals surface area contributed by atoms with E-state index in [0.29, 0.717) is 0 Å². The Balaban J connectivity index is 0.000000239. The summed E-state index contributed by atoms with van der Waals surface area (Å²) in [6.45, 7) is 11.0. The zero-order chi connectivity index (χ0) is 28.0. The highest BCUT2D eigenvalue weighted by Crippen LogP contribution is 2.28. The molecule has 0 bridgehead atoms. The van der Waals surface area contributed by atoms with Crippen LogP contribution in [-0.2, 0) is 33.3 Å². The molecule has 0 aliphatic carbocycles. The molecule has 0 radical (unpaired) electrons. The summed E-state index contributed by atoms with van der Waals surface area (Å²) in [5, 5.41) is 2.79. The highest BCUT2D eigenvalue weighted by molar-refractivity contribution is 7.86. The summed E-state index contributed by atoms with van der Waals surface area (Å²) in [5.74, 6) is 0. The smallest absolute Gasteiger partial charge is 0.485 e. The third kappa shape index (κ3) is 6.04. The van der Waals surface area contributed by atoms with Crippen molar-refractivity contribution in [2.75, 3.05) is 0 Å². The standard InChI is InChI=1S/C18H20N2.2CHF3O3S/c1-11-9-19-7-8-20-10-12(2)14(4)16-6-5-15(13(11)3)17(19)18(16)20;2*2-1(3,4)8(5,6)7/h5-6,9-10H,7-8H2,1-4H3;2*(H,5,6,7)/q+2;;/p-2. The van der Waals surface area contributed by atoms with Crippen molar-refractivity contribution < 1.29 is 61.4 Å². The number of halogens is 6. The number of rotatable bonds is 0. The molecule has 3 aromatic rings. The minimum absolute atomic E-state index is 1.07. The lowest BCUT2D eigenvalue weighted by Gasteiger charge is -2.14. The van der Waals surface area contributed by atoms with Crippen LogP contribution in [0.3, 0.4) is 0 Å². The van der Waals surface area contributed by atoms with Gasteiger partial charge in [0.2, 0.25) is 13.1 Å². The second-order valence-corrected chi connectivity index (χ2v) is 10.7. The van der Waals surface area contributed by atoms with Crippen molar-refractivity contribution in [2.24, 2.45) is 0 Å². The average Bonchev–Trinajstić information content (AvgIpc) is 2.70. The summed E-state index contributed by atoms with van der Waals surface area (Å²) in [6.07, 6.45) is 4.63. The number of aromatic nitrogens is 2. The molecule has 0 amide bonds. The van der Waals surface area contributed by atoms with Gasteiger partial charge in [-0.1, -0.05) is 0 Å². The molecule has 1 aliphatic rings.